The summed E-state index contributed by atoms with van der Waals surface area (Å²) in [6.07, 6.45) is 1.68. The van der Waals surface area contributed by atoms with Crippen LogP contribution in [0.5, 0.6) is 5.75 Å². The van der Waals surface area contributed by atoms with E-state index in [9.17, 15) is 13.2 Å². The molecule has 4 rings (SSSR count). The van der Waals surface area contributed by atoms with E-state index >= 15 is 0 Å². The highest BCUT2D eigenvalue weighted by Crippen LogP contribution is 2.30. The van der Waals surface area contributed by atoms with Crippen LogP contribution in [-0.2, 0) is 0 Å². The number of nitrogens with one attached hydrogen (secondary N) is 2. The second kappa shape index (κ2) is 9.42. The average molecular weight is 464 g/mol. The van der Waals surface area contributed by atoms with E-state index in [1.54, 1.807) is 6.33 Å². The molecule has 8 nitrogen and oxygen atoms in total. The van der Waals surface area contributed by atoms with Crippen LogP contribution in [0.25, 0.3) is 11.2 Å². The van der Waals surface area contributed by atoms with Gasteiger partial charge in [0.15, 0.2) is 17.0 Å². The third-order valence-electron chi connectivity index (χ3n) is 5.94. The fourth-order valence-corrected chi connectivity index (χ4v) is 3.91. The SMILES string of the molecule is CCC(C)n1cnc2c(Nc3ccc(OC(F)(F)F)cc3)nc(NC3CCC(N)CC3)nc21. The van der Waals surface area contributed by atoms with Crippen LogP contribution in [0.4, 0.5) is 30.6 Å². The van der Waals surface area contributed by atoms with Gasteiger partial charge in [-0.2, -0.15) is 9.97 Å². The van der Waals surface area contributed by atoms with Gasteiger partial charge in [0.25, 0.3) is 0 Å². The summed E-state index contributed by atoms with van der Waals surface area (Å²) in [7, 11) is 0. The van der Waals surface area contributed by atoms with Crippen LogP contribution in [0.1, 0.15) is 52.0 Å². The number of nitrogens with zero attached hydrogens (tertiary/aromatic N) is 4. The molecule has 2 aromatic heterocycles. The minimum Gasteiger partial charge on any atom is -0.406 e. The van der Waals surface area contributed by atoms with E-state index in [-0.39, 0.29) is 23.9 Å². The number of halogens is 3. The molecule has 0 radical (unpaired) electrons. The Balaban J connectivity index is 1.63. The molecule has 1 aromatic carbocycles. The van der Waals surface area contributed by atoms with Crippen molar-refractivity contribution >= 4 is 28.6 Å². The van der Waals surface area contributed by atoms with Crippen LogP contribution in [0.15, 0.2) is 30.6 Å². The maximum Gasteiger partial charge on any atom is 0.573 e. The van der Waals surface area contributed by atoms with Gasteiger partial charge in [-0.3, -0.25) is 0 Å². The Bertz CT molecular complexity index is 1080. The second-order valence-corrected chi connectivity index (χ2v) is 8.43. The third kappa shape index (κ3) is 5.65. The molecular weight excluding hydrogens is 435 g/mol. The van der Waals surface area contributed by atoms with Gasteiger partial charge in [-0.25, -0.2) is 4.98 Å². The lowest BCUT2D eigenvalue weighted by atomic mass is 9.92. The van der Waals surface area contributed by atoms with E-state index in [0.29, 0.717) is 28.6 Å². The van der Waals surface area contributed by atoms with Gasteiger partial charge >= 0.3 is 6.36 Å². The van der Waals surface area contributed by atoms with Crippen molar-refractivity contribution in [3.8, 4) is 5.75 Å². The lowest BCUT2D eigenvalue weighted by molar-refractivity contribution is -0.274. The zero-order valence-corrected chi connectivity index (χ0v) is 18.6. The van der Waals surface area contributed by atoms with E-state index in [1.165, 1.54) is 24.3 Å². The molecule has 33 heavy (non-hydrogen) atoms. The molecule has 2 heterocycles. The van der Waals surface area contributed by atoms with Crippen molar-refractivity contribution in [1.29, 1.82) is 0 Å². The molecule has 1 saturated carbocycles. The standard InChI is InChI=1S/C22H28F3N7O/c1-3-13(2)32-12-27-18-19(28-15-8-10-17(11-9-15)33-22(23,24)25)30-21(31-20(18)32)29-16-6-4-14(26)5-7-16/h8-14,16H,3-7,26H2,1-2H3,(H2,28,29,30,31). The number of imidazole rings is 1. The smallest absolute Gasteiger partial charge is 0.406 e. The Morgan fingerprint density at radius 1 is 1.15 bits per heavy atom. The Labute approximate surface area is 189 Å². The predicted octanol–water partition coefficient (Wildman–Crippen LogP) is 5.12. The maximum absolute atomic E-state index is 12.4. The Morgan fingerprint density at radius 3 is 2.48 bits per heavy atom. The normalized spacial score (nSPS) is 19.9. The first kappa shape index (κ1) is 23.1. The fraction of sp³-hybridized carbons (Fsp3) is 0.500. The molecule has 1 unspecified atom stereocenters. The molecule has 1 atom stereocenters. The van der Waals surface area contributed by atoms with E-state index in [4.69, 9.17) is 10.7 Å². The van der Waals surface area contributed by atoms with E-state index in [0.717, 1.165) is 32.1 Å². The molecule has 0 bridgehead atoms. The minimum absolute atomic E-state index is 0.192. The largest absolute Gasteiger partial charge is 0.573 e. The molecule has 178 valence electrons. The molecular formula is C22H28F3N7O. The number of aromatic nitrogens is 4. The van der Waals surface area contributed by atoms with Crippen LogP contribution in [0.2, 0.25) is 0 Å². The molecule has 0 aliphatic heterocycles. The third-order valence-corrected chi connectivity index (χ3v) is 5.94. The molecule has 1 aliphatic rings. The highest BCUT2D eigenvalue weighted by atomic mass is 19.4. The number of alkyl halides is 3. The molecule has 11 heteroatoms. The van der Waals surface area contributed by atoms with Gasteiger partial charge in [-0.1, -0.05) is 6.92 Å². The Morgan fingerprint density at radius 2 is 1.85 bits per heavy atom. The summed E-state index contributed by atoms with van der Waals surface area (Å²) in [5.74, 6) is 0.661. The second-order valence-electron chi connectivity index (χ2n) is 8.43. The molecule has 0 spiro atoms. The van der Waals surface area contributed by atoms with Crippen LogP contribution < -0.4 is 21.1 Å². The number of ether oxygens (including phenoxy) is 1. The number of fused-ring (bicyclic) bond motifs is 1. The molecule has 3 aromatic rings. The first-order valence-electron chi connectivity index (χ1n) is 11.1. The van der Waals surface area contributed by atoms with Crippen molar-refractivity contribution in [1.82, 2.24) is 19.5 Å². The Kier molecular flexibility index (Phi) is 6.59. The van der Waals surface area contributed by atoms with E-state index < -0.39 is 6.36 Å². The summed E-state index contributed by atoms with van der Waals surface area (Å²) in [4.78, 5) is 13.9. The molecule has 1 aliphatic carbocycles. The lowest BCUT2D eigenvalue weighted by Crippen LogP contribution is -2.33. The first-order valence-corrected chi connectivity index (χ1v) is 11.1. The monoisotopic (exact) mass is 463 g/mol. The summed E-state index contributed by atoms with van der Waals surface area (Å²) >= 11 is 0. The number of nitrogens with two attached hydrogens (primary N) is 1. The van der Waals surface area contributed by atoms with Gasteiger partial charge in [0, 0.05) is 23.8 Å². The highest BCUT2D eigenvalue weighted by molar-refractivity contribution is 5.86. The maximum atomic E-state index is 12.4. The number of anilines is 3. The zero-order chi connectivity index (χ0) is 23.6. The van der Waals surface area contributed by atoms with Crippen molar-refractivity contribution in [3.05, 3.63) is 30.6 Å². The summed E-state index contributed by atoms with van der Waals surface area (Å²) in [6.45, 7) is 4.18. The van der Waals surface area contributed by atoms with Gasteiger partial charge in [0.05, 0.1) is 6.33 Å². The van der Waals surface area contributed by atoms with Gasteiger partial charge in [0.2, 0.25) is 5.95 Å². The van der Waals surface area contributed by atoms with Crippen molar-refractivity contribution < 1.29 is 17.9 Å². The van der Waals surface area contributed by atoms with Gasteiger partial charge in [-0.05, 0) is 63.3 Å². The number of hydrogen-bond acceptors (Lipinski definition) is 7. The minimum atomic E-state index is -4.74. The summed E-state index contributed by atoms with van der Waals surface area (Å²) < 4.78 is 43.3. The number of hydrogen-bond donors (Lipinski definition) is 3. The van der Waals surface area contributed by atoms with Gasteiger partial charge in [0.1, 0.15) is 5.75 Å². The number of benzene rings is 1. The zero-order valence-electron chi connectivity index (χ0n) is 18.6. The lowest BCUT2D eigenvalue weighted by Gasteiger charge is -2.27. The number of rotatable bonds is 7. The summed E-state index contributed by atoms with van der Waals surface area (Å²) in [5.41, 5.74) is 7.85. The van der Waals surface area contributed by atoms with Crippen molar-refractivity contribution in [2.75, 3.05) is 10.6 Å². The predicted molar refractivity (Wildman–Crippen MR) is 121 cm³/mol. The Hall–Kier alpha value is -3.08. The molecule has 1 fully saturated rings. The topological polar surface area (TPSA) is 103 Å². The van der Waals surface area contributed by atoms with Crippen LogP contribution in [0, 0.1) is 0 Å². The van der Waals surface area contributed by atoms with Crippen LogP contribution in [0.3, 0.4) is 0 Å². The van der Waals surface area contributed by atoms with Crippen LogP contribution >= 0.6 is 0 Å². The van der Waals surface area contributed by atoms with Gasteiger partial charge < -0.3 is 25.7 Å². The van der Waals surface area contributed by atoms with E-state index in [2.05, 4.69) is 39.2 Å². The fourth-order valence-electron chi connectivity index (χ4n) is 3.91. The van der Waals surface area contributed by atoms with Crippen LogP contribution in [-0.4, -0.2) is 38.0 Å². The van der Waals surface area contributed by atoms with Crippen molar-refractivity contribution in [2.24, 2.45) is 5.73 Å². The van der Waals surface area contributed by atoms with Crippen molar-refractivity contribution in [2.45, 2.75) is 70.4 Å². The summed E-state index contributed by atoms with van der Waals surface area (Å²) in [5, 5.41) is 6.59. The van der Waals surface area contributed by atoms with E-state index in [1.807, 2.05) is 4.57 Å². The highest BCUT2D eigenvalue weighted by Gasteiger charge is 2.31. The molecule has 0 saturated heterocycles. The van der Waals surface area contributed by atoms with Crippen molar-refractivity contribution in [3.63, 3.8) is 0 Å². The first-order chi connectivity index (χ1) is 15.7. The molecule has 4 N–H and O–H groups in total. The average Bonchev–Trinajstić information content (AvgIpc) is 3.19. The summed E-state index contributed by atoms with van der Waals surface area (Å²) in [6, 6.07) is 6.14. The van der Waals surface area contributed by atoms with Gasteiger partial charge in [-0.15, -0.1) is 13.2 Å². The quantitative estimate of drug-likeness (QED) is 0.447. The molecule has 0 amide bonds.